The highest BCUT2D eigenvalue weighted by Gasteiger charge is 2.32. The Morgan fingerprint density at radius 1 is 1.21 bits per heavy atom. The van der Waals surface area contributed by atoms with E-state index in [9.17, 15) is 4.79 Å². The van der Waals surface area contributed by atoms with Crippen molar-refractivity contribution >= 4 is 11.6 Å². The Bertz CT molecular complexity index is 457. The van der Waals surface area contributed by atoms with Crippen LogP contribution in [0.1, 0.15) is 18.4 Å². The zero-order chi connectivity index (χ0) is 13.2. The van der Waals surface area contributed by atoms with Crippen molar-refractivity contribution in [2.75, 3.05) is 31.9 Å². The Kier molecular flexibility index (Phi) is 3.42. The molecule has 3 rings (SSSR count). The second-order valence-corrected chi connectivity index (χ2v) is 5.59. The number of fused-ring (bicyclic) bond motifs is 1. The van der Waals surface area contributed by atoms with Gasteiger partial charge in [-0.2, -0.15) is 0 Å². The maximum atomic E-state index is 12.3. The van der Waals surface area contributed by atoms with Crippen LogP contribution in [0.4, 0.5) is 5.69 Å². The second-order valence-electron chi connectivity index (χ2n) is 5.59. The number of hydrogen-bond donors (Lipinski definition) is 1. The first-order valence-corrected chi connectivity index (χ1v) is 7.08. The molecule has 1 unspecified atom stereocenters. The predicted molar refractivity (Wildman–Crippen MR) is 75.7 cm³/mol. The predicted octanol–water partition coefficient (Wildman–Crippen LogP) is 1.12. The molecule has 4 heteroatoms. The number of rotatable bonds is 2. The number of nitrogen functional groups attached to an aromatic ring is 1. The smallest absolute Gasteiger partial charge is 0.227 e. The van der Waals surface area contributed by atoms with E-state index in [0.717, 1.165) is 30.9 Å². The van der Waals surface area contributed by atoms with Crippen LogP contribution in [0.3, 0.4) is 0 Å². The van der Waals surface area contributed by atoms with Crippen molar-refractivity contribution in [1.82, 2.24) is 9.80 Å². The highest BCUT2D eigenvalue weighted by atomic mass is 16.2. The first-order chi connectivity index (χ1) is 9.22. The maximum Gasteiger partial charge on any atom is 0.227 e. The number of piperazine rings is 1. The summed E-state index contributed by atoms with van der Waals surface area (Å²) in [7, 11) is 0. The fraction of sp³-hybridized carbons (Fsp3) is 0.533. The monoisotopic (exact) mass is 259 g/mol. The molecule has 2 N–H and O–H groups in total. The minimum atomic E-state index is 0.247. The number of anilines is 1. The molecule has 2 aliphatic heterocycles. The topological polar surface area (TPSA) is 49.6 Å². The number of amides is 1. The highest BCUT2D eigenvalue weighted by Crippen LogP contribution is 2.22. The molecule has 2 fully saturated rings. The van der Waals surface area contributed by atoms with Gasteiger partial charge in [-0.15, -0.1) is 0 Å². The Hall–Kier alpha value is -1.55. The van der Waals surface area contributed by atoms with E-state index in [4.69, 9.17) is 5.73 Å². The van der Waals surface area contributed by atoms with Gasteiger partial charge in [-0.25, -0.2) is 0 Å². The van der Waals surface area contributed by atoms with Crippen LogP contribution in [0.25, 0.3) is 0 Å². The van der Waals surface area contributed by atoms with E-state index in [-0.39, 0.29) is 5.91 Å². The van der Waals surface area contributed by atoms with Crippen molar-refractivity contribution in [3.8, 4) is 0 Å². The van der Waals surface area contributed by atoms with Gasteiger partial charge in [-0.3, -0.25) is 9.69 Å². The molecule has 2 heterocycles. The van der Waals surface area contributed by atoms with Crippen LogP contribution in [0.2, 0.25) is 0 Å². The molecule has 4 nitrogen and oxygen atoms in total. The normalized spacial score (nSPS) is 23.4. The third-order valence-electron chi connectivity index (χ3n) is 4.28. The molecule has 102 valence electrons. The summed E-state index contributed by atoms with van der Waals surface area (Å²) in [5.41, 5.74) is 7.45. The minimum absolute atomic E-state index is 0.247. The second kappa shape index (κ2) is 5.21. The van der Waals surface area contributed by atoms with Gasteiger partial charge >= 0.3 is 0 Å². The minimum Gasteiger partial charge on any atom is -0.399 e. The molecule has 19 heavy (non-hydrogen) atoms. The van der Waals surface area contributed by atoms with E-state index >= 15 is 0 Å². The third kappa shape index (κ3) is 2.73. The molecule has 0 aliphatic carbocycles. The van der Waals surface area contributed by atoms with Crippen LogP contribution < -0.4 is 5.73 Å². The van der Waals surface area contributed by atoms with Gasteiger partial charge < -0.3 is 10.6 Å². The summed E-state index contributed by atoms with van der Waals surface area (Å²) >= 11 is 0. The molecule has 1 aromatic carbocycles. The molecular weight excluding hydrogens is 238 g/mol. The van der Waals surface area contributed by atoms with Crippen LogP contribution in [-0.4, -0.2) is 47.9 Å². The lowest BCUT2D eigenvalue weighted by molar-refractivity contribution is -0.133. The molecule has 0 spiro atoms. The average molecular weight is 259 g/mol. The summed E-state index contributed by atoms with van der Waals surface area (Å²) < 4.78 is 0. The van der Waals surface area contributed by atoms with Gasteiger partial charge in [0, 0.05) is 31.4 Å². The van der Waals surface area contributed by atoms with Crippen LogP contribution in [0.15, 0.2) is 24.3 Å². The quantitative estimate of drug-likeness (QED) is 0.810. The van der Waals surface area contributed by atoms with Crippen LogP contribution >= 0.6 is 0 Å². The molecular formula is C15H21N3O. The Morgan fingerprint density at radius 2 is 2.00 bits per heavy atom. The number of nitrogens with zero attached hydrogens (tertiary/aromatic N) is 2. The van der Waals surface area contributed by atoms with E-state index in [1.807, 2.05) is 29.2 Å². The molecule has 2 saturated heterocycles. The first-order valence-electron chi connectivity index (χ1n) is 7.08. The number of carbonyl (C=O) groups excluding carboxylic acids is 1. The van der Waals surface area contributed by atoms with Crippen molar-refractivity contribution in [3.63, 3.8) is 0 Å². The zero-order valence-electron chi connectivity index (χ0n) is 11.2. The largest absolute Gasteiger partial charge is 0.399 e. The standard InChI is InChI=1S/C15H21N3O/c16-13-5-3-12(4-6-13)10-15(19)18-9-8-17-7-1-2-14(17)11-18/h3-6,14H,1-2,7-11,16H2. The number of carbonyl (C=O) groups is 1. The van der Waals surface area contributed by atoms with Gasteiger partial charge in [0.05, 0.1) is 6.42 Å². The lowest BCUT2D eigenvalue weighted by Crippen LogP contribution is -2.52. The first kappa shape index (κ1) is 12.5. The molecule has 0 saturated carbocycles. The summed E-state index contributed by atoms with van der Waals surface area (Å²) in [6, 6.07) is 8.21. The number of benzene rings is 1. The van der Waals surface area contributed by atoms with Gasteiger partial charge in [0.1, 0.15) is 0 Å². The summed E-state index contributed by atoms with van der Waals surface area (Å²) in [6.45, 7) is 4.04. The van der Waals surface area contributed by atoms with Gasteiger partial charge in [-0.1, -0.05) is 12.1 Å². The van der Waals surface area contributed by atoms with Gasteiger partial charge in [0.2, 0.25) is 5.91 Å². The fourth-order valence-electron chi connectivity index (χ4n) is 3.14. The van der Waals surface area contributed by atoms with Crippen molar-refractivity contribution < 1.29 is 4.79 Å². The molecule has 1 atom stereocenters. The molecule has 0 bridgehead atoms. The summed E-state index contributed by atoms with van der Waals surface area (Å²) in [5.74, 6) is 0.247. The molecule has 1 amide bonds. The van der Waals surface area contributed by atoms with E-state index in [2.05, 4.69) is 4.90 Å². The summed E-state index contributed by atoms with van der Waals surface area (Å²) in [5, 5.41) is 0. The van der Waals surface area contributed by atoms with Crippen LogP contribution in [0.5, 0.6) is 0 Å². The van der Waals surface area contributed by atoms with Gasteiger partial charge in [0.15, 0.2) is 0 Å². The SMILES string of the molecule is Nc1ccc(CC(=O)N2CCN3CCCC3C2)cc1. The highest BCUT2D eigenvalue weighted by molar-refractivity contribution is 5.79. The number of nitrogens with two attached hydrogens (primary N) is 1. The van der Waals surface area contributed by atoms with Gasteiger partial charge in [-0.05, 0) is 37.1 Å². The number of hydrogen-bond acceptors (Lipinski definition) is 3. The molecule has 0 aromatic heterocycles. The Morgan fingerprint density at radius 3 is 2.79 bits per heavy atom. The zero-order valence-corrected chi connectivity index (χ0v) is 11.2. The van der Waals surface area contributed by atoms with Crippen molar-refractivity contribution in [2.45, 2.75) is 25.3 Å². The van der Waals surface area contributed by atoms with E-state index in [1.54, 1.807) is 0 Å². The summed E-state index contributed by atoms with van der Waals surface area (Å²) in [6.07, 6.45) is 3.02. The van der Waals surface area contributed by atoms with Crippen LogP contribution in [-0.2, 0) is 11.2 Å². The van der Waals surface area contributed by atoms with E-state index in [0.29, 0.717) is 12.5 Å². The maximum absolute atomic E-state index is 12.3. The van der Waals surface area contributed by atoms with Crippen LogP contribution in [0, 0.1) is 0 Å². The Balaban J connectivity index is 1.59. The van der Waals surface area contributed by atoms with Gasteiger partial charge in [0.25, 0.3) is 0 Å². The lowest BCUT2D eigenvalue weighted by Gasteiger charge is -2.37. The molecule has 2 aliphatic rings. The third-order valence-corrected chi connectivity index (χ3v) is 4.28. The van der Waals surface area contributed by atoms with Crippen molar-refractivity contribution in [1.29, 1.82) is 0 Å². The average Bonchev–Trinajstić information content (AvgIpc) is 2.88. The van der Waals surface area contributed by atoms with Crippen molar-refractivity contribution in [3.05, 3.63) is 29.8 Å². The van der Waals surface area contributed by atoms with Crippen molar-refractivity contribution in [2.24, 2.45) is 0 Å². The fourth-order valence-corrected chi connectivity index (χ4v) is 3.14. The van der Waals surface area contributed by atoms with E-state index < -0.39 is 0 Å². The summed E-state index contributed by atoms with van der Waals surface area (Å²) in [4.78, 5) is 16.9. The van der Waals surface area contributed by atoms with E-state index in [1.165, 1.54) is 19.4 Å². The molecule has 1 aromatic rings. The lowest BCUT2D eigenvalue weighted by atomic mass is 10.1. The molecule has 0 radical (unpaired) electrons. The Labute approximate surface area is 114 Å².